The highest BCUT2D eigenvalue weighted by Crippen LogP contribution is 2.42. The number of nitrogens with zero attached hydrogens (tertiary/aromatic N) is 8. The first-order valence-corrected chi connectivity index (χ1v) is 27.1. The van der Waals surface area contributed by atoms with Crippen LogP contribution < -0.4 is 9.80 Å². The molecule has 0 aliphatic heterocycles. The van der Waals surface area contributed by atoms with Crippen LogP contribution >= 0.6 is 22.7 Å². The van der Waals surface area contributed by atoms with E-state index in [1.54, 1.807) is 12.4 Å². The van der Waals surface area contributed by atoms with Crippen LogP contribution in [-0.2, 0) is 9.59 Å². The molecular formula is C54H72N8O6S2. The largest absolute Gasteiger partial charge is 0.477 e. The van der Waals surface area contributed by atoms with Gasteiger partial charge in [-0.05, 0) is 168 Å². The molecule has 4 aliphatic carbocycles. The van der Waals surface area contributed by atoms with Crippen molar-refractivity contribution < 1.29 is 29.4 Å². The molecule has 70 heavy (non-hydrogen) atoms. The number of amides is 2. The summed E-state index contributed by atoms with van der Waals surface area (Å²) in [6.45, 7) is 16.7. The summed E-state index contributed by atoms with van der Waals surface area (Å²) in [5.74, 6) is 12.1. The zero-order chi connectivity index (χ0) is 50.3. The Morgan fingerprint density at radius 1 is 0.557 bits per heavy atom. The van der Waals surface area contributed by atoms with Crippen molar-refractivity contribution in [3.05, 3.63) is 56.4 Å². The number of anilines is 2. The monoisotopic (exact) mass is 993 g/mol. The molecule has 4 heterocycles. The van der Waals surface area contributed by atoms with Crippen LogP contribution in [0, 0.1) is 58.2 Å². The van der Waals surface area contributed by atoms with Gasteiger partial charge in [-0.15, -0.1) is 32.9 Å². The molecule has 376 valence electrons. The second kappa shape index (κ2) is 22.8. The fraction of sp³-hybridized carbons (Fsp3) is 0.630. The van der Waals surface area contributed by atoms with Gasteiger partial charge in [0.25, 0.3) is 0 Å². The average molecular weight is 993 g/mol. The number of carbonyl (C=O) groups is 4. The highest BCUT2D eigenvalue weighted by molar-refractivity contribution is 7.15. The lowest BCUT2D eigenvalue weighted by molar-refractivity contribution is -0.125. The second-order valence-electron chi connectivity index (χ2n) is 22.3. The van der Waals surface area contributed by atoms with Gasteiger partial charge in [0.15, 0.2) is 0 Å². The highest BCUT2D eigenvalue weighted by Gasteiger charge is 2.40. The molecule has 4 aliphatic rings. The van der Waals surface area contributed by atoms with Crippen LogP contribution in [0.15, 0.2) is 36.9 Å². The van der Waals surface area contributed by atoms with E-state index in [-0.39, 0.29) is 68.4 Å². The lowest BCUT2D eigenvalue weighted by atomic mass is 9.81. The Hall–Kier alpha value is -5.32. The summed E-state index contributed by atoms with van der Waals surface area (Å²) in [6, 6.07) is 4.13. The molecule has 4 aromatic rings. The van der Waals surface area contributed by atoms with Crippen molar-refractivity contribution in [1.29, 1.82) is 0 Å². The number of hydrogen-bond acceptors (Lipinski definition) is 10. The number of carboxylic acids is 2. The molecule has 0 aromatic carbocycles. The van der Waals surface area contributed by atoms with E-state index in [0.717, 1.165) is 103 Å². The molecular weight excluding hydrogens is 921 g/mol. The van der Waals surface area contributed by atoms with Gasteiger partial charge in [0.2, 0.25) is 11.8 Å². The summed E-state index contributed by atoms with van der Waals surface area (Å²) in [7, 11) is 0. The zero-order valence-corrected chi connectivity index (χ0v) is 44.0. The smallest absolute Gasteiger partial charge is 0.348 e. The van der Waals surface area contributed by atoms with E-state index in [4.69, 9.17) is 0 Å². The summed E-state index contributed by atoms with van der Waals surface area (Å²) in [4.78, 5) is 58.0. The Kier molecular flexibility index (Phi) is 17.1. The molecule has 0 atom stereocenters. The minimum atomic E-state index is -1.000. The number of carbonyl (C=O) groups excluding carboxylic acids is 2. The lowest BCUT2D eigenvalue weighted by Crippen LogP contribution is -2.46. The van der Waals surface area contributed by atoms with Gasteiger partial charge in [-0.1, -0.05) is 48.0 Å². The van der Waals surface area contributed by atoms with E-state index in [1.165, 1.54) is 22.7 Å². The van der Waals surface area contributed by atoms with E-state index >= 15 is 0 Å². The molecule has 16 heteroatoms. The fourth-order valence-corrected chi connectivity index (χ4v) is 12.1. The molecule has 8 rings (SSSR count). The highest BCUT2D eigenvalue weighted by atomic mass is 32.1. The Morgan fingerprint density at radius 3 is 1.19 bits per heavy atom. The summed E-state index contributed by atoms with van der Waals surface area (Å²) < 4.78 is 3.80. The minimum absolute atomic E-state index is 0.0299. The van der Waals surface area contributed by atoms with Gasteiger partial charge < -0.3 is 20.0 Å². The fourth-order valence-electron chi connectivity index (χ4n) is 10.4. The van der Waals surface area contributed by atoms with Crippen molar-refractivity contribution in [1.82, 2.24) is 30.0 Å². The molecule has 14 nitrogen and oxygen atoms in total. The number of rotatable bonds is 10. The maximum Gasteiger partial charge on any atom is 0.348 e. The van der Waals surface area contributed by atoms with Crippen LogP contribution in [0.5, 0.6) is 0 Å². The lowest BCUT2D eigenvalue weighted by Gasteiger charge is -2.39. The number of hydrogen-bond donors (Lipinski definition) is 2. The number of carboxylic acid groups (broad SMARTS) is 2. The van der Waals surface area contributed by atoms with Gasteiger partial charge in [-0.3, -0.25) is 9.59 Å². The van der Waals surface area contributed by atoms with Gasteiger partial charge in [0, 0.05) is 47.1 Å². The van der Waals surface area contributed by atoms with Crippen molar-refractivity contribution in [3.8, 4) is 23.7 Å². The van der Waals surface area contributed by atoms with Crippen LogP contribution in [0.4, 0.5) is 11.4 Å². The topological polar surface area (TPSA) is 177 Å². The van der Waals surface area contributed by atoms with Crippen molar-refractivity contribution in [2.75, 3.05) is 9.80 Å². The SMILES string of the molecule is CC(C)(C)C#Cc1cc(N(C(=O)[C@H]2CC[C@H](C)CC2)[C@H]2CC[C@@H](n3ccnn3)CC2)c(C(=O)O)s1.CC(C)(C)C#Cc1cc(N(C(=O)[C@H]2CC[C@H](C)CC2)[C@H]2CC[C@H](n3ccnn3)CC2)c(C(=O)O)s1. The van der Waals surface area contributed by atoms with Gasteiger partial charge in [0.1, 0.15) is 9.75 Å². The molecule has 0 bridgehead atoms. The molecule has 4 fully saturated rings. The third-order valence-electron chi connectivity index (χ3n) is 14.4. The van der Waals surface area contributed by atoms with Crippen LogP contribution in [0.25, 0.3) is 0 Å². The van der Waals surface area contributed by atoms with Crippen molar-refractivity contribution in [2.45, 2.75) is 182 Å². The number of aromatic nitrogens is 6. The predicted molar refractivity (Wildman–Crippen MR) is 275 cm³/mol. The first kappa shape index (κ1) is 52.5. The molecule has 4 saturated carbocycles. The van der Waals surface area contributed by atoms with E-state index in [2.05, 4.69) is 58.2 Å². The van der Waals surface area contributed by atoms with Crippen molar-refractivity contribution in [2.24, 2.45) is 34.5 Å². The van der Waals surface area contributed by atoms with E-state index in [1.807, 2.05) is 85.2 Å². The Labute approximate surface area is 422 Å². The Balaban J connectivity index is 0.000000206. The van der Waals surface area contributed by atoms with Gasteiger partial charge in [0.05, 0.1) is 45.6 Å². The second-order valence-corrected chi connectivity index (χ2v) is 24.4. The third-order valence-corrected chi connectivity index (χ3v) is 16.4. The van der Waals surface area contributed by atoms with E-state index in [9.17, 15) is 29.4 Å². The maximum absolute atomic E-state index is 14.0. The van der Waals surface area contributed by atoms with Crippen molar-refractivity contribution >= 4 is 57.8 Å². The van der Waals surface area contributed by atoms with E-state index in [0.29, 0.717) is 33.0 Å². The normalized spacial score (nSPS) is 24.9. The predicted octanol–water partition coefficient (Wildman–Crippen LogP) is 11.6. The van der Waals surface area contributed by atoms with Crippen LogP contribution in [-0.4, -0.2) is 76.0 Å². The average Bonchev–Trinajstić information content (AvgIpc) is 4.18. The Bertz CT molecular complexity index is 2360. The van der Waals surface area contributed by atoms with Gasteiger partial charge >= 0.3 is 11.9 Å². The summed E-state index contributed by atoms with van der Waals surface area (Å²) in [5.41, 5.74) is 0.658. The molecule has 0 saturated heterocycles. The number of aromatic carboxylic acids is 2. The van der Waals surface area contributed by atoms with Gasteiger partial charge in [-0.25, -0.2) is 19.0 Å². The Morgan fingerprint density at radius 2 is 0.900 bits per heavy atom. The van der Waals surface area contributed by atoms with E-state index < -0.39 is 11.9 Å². The summed E-state index contributed by atoms with van der Waals surface area (Å²) in [5, 5.41) is 36.3. The molecule has 0 radical (unpaired) electrons. The molecule has 0 spiro atoms. The number of thiophene rings is 2. The molecule has 4 aromatic heterocycles. The first-order valence-electron chi connectivity index (χ1n) is 25.4. The van der Waals surface area contributed by atoms with Crippen LogP contribution in [0.3, 0.4) is 0 Å². The van der Waals surface area contributed by atoms with Gasteiger partial charge in [-0.2, -0.15) is 0 Å². The first-order chi connectivity index (χ1) is 33.2. The van der Waals surface area contributed by atoms with Crippen molar-refractivity contribution in [3.63, 3.8) is 0 Å². The molecule has 2 N–H and O–H groups in total. The molecule has 2 amide bonds. The third kappa shape index (κ3) is 13.5. The maximum atomic E-state index is 14.0. The summed E-state index contributed by atoms with van der Waals surface area (Å²) >= 11 is 2.35. The molecule has 0 unspecified atom stereocenters. The minimum Gasteiger partial charge on any atom is -0.477 e. The van der Waals surface area contributed by atoms with Crippen LogP contribution in [0.1, 0.15) is 199 Å². The van der Waals surface area contributed by atoms with Crippen LogP contribution in [0.2, 0.25) is 0 Å². The summed E-state index contributed by atoms with van der Waals surface area (Å²) in [6.07, 6.45) is 21.5. The standard InChI is InChI=1S/2C27H36N4O3S/c2*1-18-5-7-19(8-6-18)25(32)31(21-11-9-20(10-12-21)30-16-15-28-29-30)23-17-22(13-14-27(2,3)4)35-24(23)26(33)34/h2*15-21H,5-12H2,1-4H3,(H,33,34)/t18-,19-,20-,21+;18-,19-,20-,21-. The quantitative estimate of drug-likeness (QED) is 0.145. The zero-order valence-electron chi connectivity index (χ0n) is 42.3.